The molecule has 0 unspecified atom stereocenters. The highest BCUT2D eigenvalue weighted by Gasteiger charge is 2.21. The van der Waals surface area contributed by atoms with Gasteiger partial charge in [-0.2, -0.15) is 0 Å². The lowest BCUT2D eigenvalue weighted by Gasteiger charge is -2.12. The largest absolute Gasteiger partial charge is 0.455 e. The van der Waals surface area contributed by atoms with Crippen LogP contribution in [-0.2, 0) is 0 Å². The third-order valence-corrected chi connectivity index (χ3v) is 9.74. The van der Waals surface area contributed by atoms with Crippen molar-refractivity contribution < 1.29 is 4.42 Å². The molecule has 0 bridgehead atoms. The number of para-hydroxylation sites is 1. The van der Waals surface area contributed by atoms with Gasteiger partial charge in [0.05, 0.1) is 0 Å². The van der Waals surface area contributed by atoms with Crippen LogP contribution in [0.5, 0.6) is 0 Å². The summed E-state index contributed by atoms with van der Waals surface area (Å²) in [6, 6.07) is 60.9. The van der Waals surface area contributed by atoms with Crippen LogP contribution in [-0.4, -0.2) is 15.0 Å². The first-order valence-corrected chi connectivity index (χ1v) is 17.1. The molecule has 0 N–H and O–H groups in total. The van der Waals surface area contributed by atoms with E-state index in [0.717, 1.165) is 60.5 Å². The standard InChI is InChI=1S/C47H29N3O/c1-4-15-30(16-5-1)33-27-28-37(35-22-11-10-21-34(33)35)39-25-14-26-40-43-38-24-13-12-23-36(38)41(29-42(43)51-44(39)40)47-49-45(31-17-6-2-7-18-31)48-46(50-47)32-19-8-3-9-20-32/h1-29H. The quantitative estimate of drug-likeness (QED) is 0.186. The SMILES string of the molecule is c1ccc(-c2nc(-c3ccccc3)nc(-c3cc4oc5c(-c6ccc(-c7ccccc7)c7ccccc67)cccc5c4c4ccccc34)n2)cc1. The molecule has 4 heteroatoms. The van der Waals surface area contributed by atoms with E-state index in [1.54, 1.807) is 0 Å². The fourth-order valence-electron chi connectivity index (χ4n) is 7.39. The number of aromatic nitrogens is 3. The normalized spacial score (nSPS) is 11.5. The van der Waals surface area contributed by atoms with Crippen LogP contribution in [0.3, 0.4) is 0 Å². The van der Waals surface area contributed by atoms with Crippen molar-refractivity contribution in [2.75, 3.05) is 0 Å². The summed E-state index contributed by atoms with van der Waals surface area (Å²) in [5.41, 5.74) is 9.02. The van der Waals surface area contributed by atoms with E-state index in [1.807, 2.05) is 60.7 Å². The van der Waals surface area contributed by atoms with Crippen LogP contribution in [0.25, 0.3) is 99.9 Å². The zero-order chi connectivity index (χ0) is 33.7. The molecule has 0 amide bonds. The van der Waals surface area contributed by atoms with Crippen LogP contribution >= 0.6 is 0 Å². The molecule has 8 aromatic carbocycles. The molecule has 10 rings (SSSR count). The molecule has 238 valence electrons. The van der Waals surface area contributed by atoms with Crippen LogP contribution in [0.2, 0.25) is 0 Å². The van der Waals surface area contributed by atoms with Crippen LogP contribution in [0.4, 0.5) is 0 Å². The van der Waals surface area contributed by atoms with Crippen molar-refractivity contribution in [3.63, 3.8) is 0 Å². The van der Waals surface area contributed by atoms with Crippen molar-refractivity contribution in [3.8, 4) is 56.4 Å². The van der Waals surface area contributed by atoms with Crippen molar-refractivity contribution in [2.24, 2.45) is 0 Å². The zero-order valence-corrected chi connectivity index (χ0v) is 27.5. The molecule has 0 spiro atoms. The molecule has 0 aliphatic rings. The van der Waals surface area contributed by atoms with Gasteiger partial charge in [0, 0.05) is 33.0 Å². The number of nitrogens with zero attached hydrogens (tertiary/aromatic N) is 3. The van der Waals surface area contributed by atoms with E-state index in [0.29, 0.717) is 17.5 Å². The van der Waals surface area contributed by atoms with Crippen LogP contribution < -0.4 is 0 Å². The third-order valence-electron chi connectivity index (χ3n) is 9.74. The van der Waals surface area contributed by atoms with Crippen molar-refractivity contribution in [1.29, 1.82) is 0 Å². The van der Waals surface area contributed by atoms with Gasteiger partial charge in [-0.1, -0.05) is 170 Å². The van der Waals surface area contributed by atoms with E-state index in [9.17, 15) is 0 Å². The molecule has 0 saturated heterocycles. The van der Waals surface area contributed by atoms with E-state index in [1.165, 1.54) is 21.9 Å². The topological polar surface area (TPSA) is 51.8 Å². The number of rotatable bonds is 5. The average molecular weight is 652 g/mol. The fourth-order valence-corrected chi connectivity index (χ4v) is 7.39. The van der Waals surface area contributed by atoms with Gasteiger partial charge < -0.3 is 4.42 Å². The highest BCUT2D eigenvalue weighted by atomic mass is 16.3. The van der Waals surface area contributed by atoms with Gasteiger partial charge >= 0.3 is 0 Å². The molecule has 2 heterocycles. The first-order chi connectivity index (χ1) is 25.3. The van der Waals surface area contributed by atoms with Gasteiger partial charge in [0.15, 0.2) is 17.5 Å². The molecular weight excluding hydrogens is 623 g/mol. The first-order valence-electron chi connectivity index (χ1n) is 17.1. The lowest BCUT2D eigenvalue weighted by molar-refractivity contribution is 0.670. The van der Waals surface area contributed by atoms with Gasteiger partial charge in [0.2, 0.25) is 0 Å². The number of furan rings is 1. The Kier molecular flexibility index (Phi) is 6.78. The Morgan fingerprint density at radius 2 is 0.784 bits per heavy atom. The predicted octanol–water partition coefficient (Wildman–Crippen LogP) is 12.4. The van der Waals surface area contributed by atoms with Crippen LogP contribution in [0.15, 0.2) is 180 Å². The Morgan fingerprint density at radius 1 is 0.314 bits per heavy atom. The van der Waals surface area contributed by atoms with Crippen molar-refractivity contribution >= 4 is 43.5 Å². The van der Waals surface area contributed by atoms with Crippen molar-refractivity contribution in [3.05, 3.63) is 176 Å². The Bertz CT molecular complexity index is 2840. The lowest BCUT2D eigenvalue weighted by Crippen LogP contribution is -2.00. The van der Waals surface area contributed by atoms with E-state index in [4.69, 9.17) is 19.4 Å². The van der Waals surface area contributed by atoms with Gasteiger partial charge in [-0.25, -0.2) is 15.0 Å². The Labute approximate surface area is 294 Å². The monoisotopic (exact) mass is 651 g/mol. The second-order valence-electron chi connectivity index (χ2n) is 12.7. The van der Waals surface area contributed by atoms with Crippen molar-refractivity contribution in [2.45, 2.75) is 0 Å². The molecule has 0 radical (unpaired) electrons. The lowest BCUT2D eigenvalue weighted by atomic mass is 9.91. The maximum atomic E-state index is 6.93. The summed E-state index contributed by atoms with van der Waals surface area (Å²) in [6.07, 6.45) is 0. The molecule has 4 nitrogen and oxygen atoms in total. The molecule has 51 heavy (non-hydrogen) atoms. The summed E-state index contributed by atoms with van der Waals surface area (Å²) in [6.45, 7) is 0. The highest BCUT2D eigenvalue weighted by molar-refractivity contribution is 6.24. The highest BCUT2D eigenvalue weighted by Crippen LogP contribution is 2.44. The number of benzene rings is 8. The summed E-state index contributed by atoms with van der Waals surface area (Å²) in [7, 11) is 0. The third kappa shape index (κ3) is 4.88. The second kappa shape index (κ2) is 11.9. The zero-order valence-electron chi connectivity index (χ0n) is 27.5. The molecule has 0 aliphatic carbocycles. The van der Waals surface area contributed by atoms with E-state index >= 15 is 0 Å². The minimum atomic E-state index is 0.601. The molecule has 0 aliphatic heterocycles. The molecule has 0 atom stereocenters. The molecule has 2 aromatic heterocycles. The number of fused-ring (bicyclic) bond motifs is 6. The van der Waals surface area contributed by atoms with Gasteiger partial charge in [0.1, 0.15) is 11.2 Å². The summed E-state index contributed by atoms with van der Waals surface area (Å²) < 4.78 is 6.93. The van der Waals surface area contributed by atoms with E-state index in [-0.39, 0.29) is 0 Å². The predicted molar refractivity (Wildman–Crippen MR) is 209 cm³/mol. The first kappa shape index (κ1) is 29.0. The minimum Gasteiger partial charge on any atom is -0.455 e. The summed E-state index contributed by atoms with van der Waals surface area (Å²) in [5.74, 6) is 1.85. The molecule has 10 aromatic rings. The number of hydrogen-bond donors (Lipinski definition) is 0. The Morgan fingerprint density at radius 3 is 1.41 bits per heavy atom. The van der Waals surface area contributed by atoms with Crippen molar-refractivity contribution in [1.82, 2.24) is 15.0 Å². The summed E-state index contributed by atoms with van der Waals surface area (Å²) in [5, 5.41) is 6.70. The van der Waals surface area contributed by atoms with Crippen LogP contribution in [0, 0.1) is 0 Å². The minimum absolute atomic E-state index is 0.601. The molecular formula is C47H29N3O. The van der Waals surface area contributed by atoms with Gasteiger partial charge in [0.25, 0.3) is 0 Å². The maximum Gasteiger partial charge on any atom is 0.164 e. The fraction of sp³-hybridized carbons (Fsp3) is 0. The maximum absolute atomic E-state index is 6.93. The molecule has 0 fully saturated rings. The second-order valence-corrected chi connectivity index (χ2v) is 12.7. The molecule has 0 saturated carbocycles. The average Bonchev–Trinajstić information content (AvgIpc) is 3.60. The number of hydrogen-bond acceptors (Lipinski definition) is 4. The Balaban J connectivity index is 1.22. The summed E-state index contributed by atoms with van der Waals surface area (Å²) >= 11 is 0. The van der Waals surface area contributed by atoms with Gasteiger partial charge in [-0.05, 0) is 44.3 Å². The van der Waals surface area contributed by atoms with Crippen LogP contribution in [0.1, 0.15) is 0 Å². The smallest absolute Gasteiger partial charge is 0.164 e. The van der Waals surface area contributed by atoms with Gasteiger partial charge in [-0.15, -0.1) is 0 Å². The Hall–Kier alpha value is -6.91. The van der Waals surface area contributed by atoms with E-state index in [2.05, 4.69) is 115 Å². The summed E-state index contributed by atoms with van der Waals surface area (Å²) in [4.78, 5) is 15.1. The van der Waals surface area contributed by atoms with E-state index < -0.39 is 0 Å². The van der Waals surface area contributed by atoms with Gasteiger partial charge in [-0.3, -0.25) is 0 Å².